The average Bonchev–Trinajstić information content (AvgIpc) is 2.27. The van der Waals surface area contributed by atoms with Gasteiger partial charge in [0, 0.05) is 13.1 Å². The summed E-state index contributed by atoms with van der Waals surface area (Å²) < 4.78 is 0. The number of rotatable bonds is 3. The molecule has 1 heterocycles. The van der Waals surface area contributed by atoms with Gasteiger partial charge in [-0.1, -0.05) is 20.3 Å². The summed E-state index contributed by atoms with van der Waals surface area (Å²) in [5.74, 6) is 0.836. The molecule has 1 fully saturated rings. The summed E-state index contributed by atoms with van der Waals surface area (Å²) in [5.41, 5.74) is 5.74. The van der Waals surface area contributed by atoms with Crippen molar-refractivity contribution in [2.75, 3.05) is 13.1 Å². The Morgan fingerprint density at radius 1 is 1.57 bits per heavy atom. The normalized spacial score (nSPS) is 24.8. The Hall–Kier alpha value is -0.570. The molecule has 1 rings (SSSR count). The lowest BCUT2D eigenvalue weighted by molar-refractivity contribution is -0.134. The summed E-state index contributed by atoms with van der Waals surface area (Å²) in [6, 6.07) is -0.286. The van der Waals surface area contributed by atoms with Gasteiger partial charge in [0.25, 0.3) is 0 Å². The Bertz CT molecular complexity index is 194. The van der Waals surface area contributed by atoms with Crippen molar-refractivity contribution in [2.45, 2.75) is 45.6 Å². The van der Waals surface area contributed by atoms with E-state index in [2.05, 4.69) is 6.92 Å². The van der Waals surface area contributed by atoms with Gasteiger partial charge in [-0.25, -0.2) is 0 Å². The minimum atomic E-state index is -0.286. The molecule has 0 bridgehead atoms. The summed E-state index contributed by atoms with van der Waals surface area (Å²) in [4.78, 5) is 13.7. The first-order valence-corrected chi connectivity index (χ1v) is 5.73. The first-order chi connectivity index (χ1) is 6.69. The molecule has 1 aliphatic rings. The monoisotopic (exact) mass is 198 g/mol. The molecule has 0 aromatic rings. The smallest absolute Gasteiger partial charge is 0.239 e. The molecule has 2 N–H and O–H groups in total. The highest BCUT2D eigenvalue weighted by Crippen LogP contribution is 2.19. The van der Waals surface area contributed by atoms with Crippen LogP contribution < -0.4 is 5.73 Å². The highest BCUT2D eigenvalue weighted by molar-refractivity contribution is 5.81. The second-order valence-corrected chi connectivity index (χ2v) is 4.22. The third-order valence-electron chi connectivity index (χ3n) is 3.17. The van der Waals surface area contributed by atoms with E-state index in [4.69, 9.17) is 5.73 Å². The standard InChI is InChI=1S/C11H22N2O/c1-3-9-6-5-7-13(8-9)11(14)10(12)4-2/h9-10H,3-8,12H2,1-2H3/t9?,10-/m1/s1. The second-order valence-electron chi connectivity index (χ2n) is 4.22. The summed E-state index contributed by atoms with van der Waals surface area (Å²) in [6.07, 6.45) is 4.32. The summed E-state index contributed by atoms with van der Waals surface area (Å²) >= 11 is 0. The Kier molecular flexibility index (Phi) is 4.39. The van der Waals surface area contributed by atoms with Crippen molar-refractivity contribution >= 4 is 5.91 Å². The Morgan fingerprint density at radius 3 is 2.86 bits per heavy atom. The van der Waals surface area contributed by atoms with Crippen molar-refractivity contribution in [3.05, 3.63) is 0 Å². The van der Waals surface area contributed by atoms with Crippen molar-refractivity contribution in [1.82, 2.24) is 4.90 Å². The minimum Gasteiger partial charge on any atom is -0.341 e. The zero-order valence-corrected chi connectivity index (χ0v) is 9.33. The van der Waals surface area contributed by atoms with Crippen LogP contribution in [0.2, 0.25) is 0 Å². The van der Waals surface area contributed by atoms with Gasteiger partial charge in [0.05, 0.1) is 6.04 Å². The van der Waals surface area contributed by atoms with E-state index in [0.29, 0.717) is 5.92 Å². The maximum absolute atomic E-state index is 11.8. The number of carbonyl (C=O) groups is 1. The number of nitrogens with two attached hydrogens (primary N) is 1. The van der Waals surface area contributed by atoms with Crippen LogP contribution in [0.1, 0.15) is 39.5 Å². The van der Waals surface area contributed by atoms with E-state index < -0.39 is 0 Å². The lowest BCUT2D eigenvalue weighted by Crippen LogP contribution is -2.47. The molecule has 2 atom stereocenters. The molecule has 3 nitrogen and oxygen atoms in total. The number of amides is 1. The zero-order chi connectivity index (χ0) is 10.6. The van der Waals surface area contributed by atoms with E-state index in [1.54, 1.807) is 0 Å². The first-order valence-electron chi connectivity index (χ1n) is 5.73. The highest BCUT2D eigenvalue weighted by Gasteiger charge is 2.25. The summed E-state index contributed by atoms with van der Waals surface area (Å²) in [6.45, 7) is 5.98. The van der Waals surface area contributed by atoms with E-state index in [9.17, 15) is 4.79 Å². The largest absolute Gasteiger partial charge is 0.341 e. The van der Waals surface area contributed by atoms with Crippen LogP contribution in [0.25, 0.3) is 0 Å². The molecule has 82 valence electrons. The average molecular weight is 198 g/mol. The van der Waals surface area contributed by atoms with Crippen LogP contribution in [-0.4, -0.2) is 29.9 Å². The fourth-order valence-electron chi connectivity index (χ4n) is 2.01. The van der Waals surface area contributed by atoms with Gasteiger partial charge in [-0.05, 0) is 25.2 Å². The Labute approximate surface area is 86.6 Å². The molecule has 0 aromatic heterocycles. The van der Waals surface area contributed by atoms with Crippen LogP contribution in [-0.2, 0) is 4.79 Å². The number of nitrogens with zero attached hydrogens (tertiary/aromatic N) is 1. The number of hydrogen-bond donors (Lipinski definition) is 1. The van der Waals surface area contributed by atoms with Gasteiger partial charge >= 0.3 is 0 Å². The van der Waals surface area contributed by atoms with Crippen molar-refractivity contribution in [3.8, 4) is 0 Å². The fraction of sp³-hybridized carbons (Fsp3) is 0.909. The van der Waals surface area contributed by atoms with Crippen molar-refractivity contribution in [3.63, 3.8) is 0 Å². The van der Waals surface area contributed by atoms with E-state index in [1.807, 2.05) is 11.8 Å². The lowest BCUT2D eigenvalue weighted by atomic mass is 9.95. The Morgan fingerprint density at radius 2 is 2.29 bits per heavy atom. The van der Waals surface area contributed by atoms with Gasteiger partial charge in [-0.2, -0.15) is 0 Å². The predicted molar refractivity (Wildman–Crippen MR) is 57.9 cm³/mol. The molecule has 0 aromatic carbocycles. The molecular formula is C11H22N2O. The number of piperidine rings is 1. The molecule has 1 saturated heterocycles. The molecule has 1 aliphatic heterocycles. The van der Waals surface area contributed by atoms with Gasteiger partial charge < -0.3 is 10.6 Å². The highest BCUT2D eigenvalue weighted by atomic mass is 16.2. The molecule has 3 heteroatoms. The fourth-order valence-corrected chi connectivity index (χ4v) is 2.01. The van der Waals surface area contributed by atoms with E-state index in [0.717, 1.165) is 25.9 Å². The third-order valence-corrected chi connectivity index (χ3v) is 3.17. The van der Waals surface area contributed by atoms with Crippen LogP contribution in [0.3, 0.4) is 0 Å². The summed E-state index contributed by atoms with van der Waals surface area (Å²) in [7, 11) is 0. The number of likely N-dealkylation sites (tertiary alicyclic amines) is 1. The maximum atomic E-state index is 11.8. The molecule has 1 unspecified atom stereocenters. The third kappa shape index (κ3) is 2.71. The first kappa shape index (κ1) is 11.5. The van der Waals surface area contributed by atoms with Gasteiger partial charge in [-0.15, -0.1) is 0 Å². The molecule has 0 radical (unpaired) electrons. The number of carbonyl (C=O) groups excluding carboxylic acids is 1. The van der Waals surface area contributed by atoms with Crippen molar-refractivity contribution < 1.29 is 4.79 Å². The molecule has 14 heavy (non-hydrogen) atoms. The van der Waals surface area contributed by atoms with E-state index >= 15 is 0 Å². The van der Waals surface area contributed by atoms with Gasteiger partial charge in [0.2, 0.25) is 5.91 Å². The van der Waals surface area contributed by atoms with Gasteiger partial charge in [-0.3, -0.25) is 4.79 Å². The maximum Gasteiger partial charge on any atom is 0.239 e. The number of hydrogen-bond acceptors (Lipinski definition) is 2. The molecular weight excluding hydrogens is 176 g/mol. The van der Waals surface area contributed by atoms with E-state index in [-0.39, 0.29) is 11.9 Å². The molecule has 0 saturated carbocycles. The van der Waals surface area contributed by atoms with Crippen LogP contribution in [0.5, 0.6) is 0 Å². The predicted octanol–water partition coefficient (Wildman–Crippen LogP) is 1.37. The second kappa shape index (κ2) is 5.35. The quantitative estimate of drug-likeness (QED) is 0.744. The van der Waals surface area contributed by atoms with E-state index in [1.165, 1.54) is 12.8 Å². The van der Waals surface area contributed by atoms with Crippen LogP contribution in [0.4, 0.5) is 0 Å². The topological polar surface area (TPSA) is 46.3 Å². The minimum absolute atomic E-state index is 0.144. The zero-order valence-electron chi connectivity index (χ0n) is 9.33. The lowest BCUT2D eigenvalue weighted by Gasteiger charge is -2.33. The van der Waals surface area contributed by atoms with Crippen molar-refractivity contribution in [2.24, 2.45) is 11.7 Å². The van der Waals surface area contributed by atoms with Crippen LogP contribution in [0, 0.1) is 5.92 Å². The Balaban J connectivity index is 2.47. The van der Waals surface area contributed by atoms with Gasteiger partial charge in [0.15, 0.2) is 0 Å². The van der Waals surface area contributed by atoms with Gasteiger partial charge in [0.1, 0.15) is 0 Å². The summed E-state index contributed by atoms with van der Waals surface area (Å²) in [5, 5.41) is 0. The molecule has 0 aliphatic carbocycles. The van der Waals surface area contributed by atoms with Crippen molar-refractivity contribution in [1.29, 1.82) is 0 Å². The molecule has 0 spiro atoms. The SMILES string of the molecule is CCC1CCCN(C(=O)[C@H](N)CC)C1. The van der Waals surface area contributed by atoms with Crippen LogP contribution in [0.15, 0.2) is 0 Å². The van der Waals surface area contributed by atoms with Crippen LogP contribution >= 0.6 is 0 Å². The molecule has 1 amide bonds.